The van der Waals surface area contributed by atoms with Crippen molar-refractivity contribution in [1.29, 1.82) is 0 Å². The number of para-hydroxylation sites is 1. The van der Waals surface area contributed by atoms with Crippen molar-refractivity contribution in [3.63, 3.8) is 0 Å². The van der Waals surface area contributed by atoms with Crippen molar-refractivity contribution in [2.24, 2.45) is 0 Å². The Morgan fingerprint density at radius 3 is 2.50 bits per heavy atom. The average Bonchev–Trinajstić information content (AvgIpc) is 2.65. The van der Waals surface area contributed by atoms with Crippen molar-refractivity contribution in [3.05, 3.63) is 35.5 Å². The van der Waals surface area contributed by atoms with Crippen LogP contribution >= 0.6 is 23.3 Å². The number of hydrogen-bond acceptors (Lipinski definition) is 4. The van der Waals surface area contributed by atoms with Gasteiger partial charge in [0.15, 0.2) is 11.0 Å². The van der Waals surface area contributed by atoms with E-state index in [1.807, 2.05) is 42.3 Å². The molecule has 1 aromatic heterocycles. The highest BCUT2D eigenvalue weighted by Gasteiger charge is 2.11. The van der Waals surface area contributed by atoms with E-state index in [-0.39, 0.29) is 0 Å². The Labute approximate surface area is 91.3 Å². The van der Waals surface area contributed by atoms with Gasteiger partial charge in [0.2, 0.25) is 0 Å². The van der Waals surface area contributed by atoms with E-state index in [4.69, 9.17) is 11.6 Å². The van der Waals surface area contributed by atoms with Crippen LogP contribution in [0.4, 0.5) is 11.5 Å². The Balaban J connectivity index is 2.34. The van der Waals surface area contributed by atoms with E-state index in [2.05, 4.69) is 8.75 Å². The first kappa shape index (κ1) is 9.43. The third-order valence-electron chi connectivity index (χ3n) is 1.89. The highest BCUT2D eigenvalue weighted by molar-refractivity contribution is 6.99. The molecule has 14 heavy (non-hydrogen) atoms. The highest BCUT2D eigenvalue weighted by atomic mass is 35.5. The lowest BCUT2D eigenvalue weighted by Gasteiger charge is -2.15. The van der Waals surface area contributed by atoms with Crippen LogP contribution in [0.2, 0.25) is 5.15 Å². The maximum absolute atomic E-state index is 5.88. The Hall–Kier alpha value is -1.13. The lowest BCUT2D eigenvalue weighted by atomic mass is 10.3. The molecule has 72 valence electrons. The van der Waals surface area contributed by atoms with Crippen LogP contribution in [0, 0.1) is 0 Å². The molecule has 0 amide bonds. The lowest BCUT2D eigenvalue weighted by Crippen LogP contribution is -2.09. The van der Waals surface area contributed by atoms with Crippen molar-refractivity contribution in [2.45, 2.75) is 0 Å². The zero-order valence-electron chi connectivity index (χ0n) is 7.51. The summed E-state index contributed by atoms with van der Waals surface area (Å²) in [6.45, 7) is 0. The molecule has 0 bridgehead atoms. The van der Waals surface area contributed by atoms with Gasteiger partial charge in [0.1, 0.15) is 0 Å². The predicted octanol–water partition coefficient (Wildman–Crippen LogP) is 2.96. The van der Waals surface area contributed by atoms with Gasteiger partial charge in [-0.05, 0) is 12.1 Å². The maximum Gasteiger partial charge on any atom is 0.187 e. The normalized spacial score (nSPS) is 10.1. The zero-order chi connectivity index (χ0) is 9.97. The molecule has 0 fully saturated rings. The van der Waals surface area contributed by atoms with Gasteiger partial charge in [0, 0.05) is 12.7 Å². The molecule has 1 aromatic carbocycles. The molecule has 0 atom stereocenters. The summed E-state index contributed by atoms with van der Waals surface area (Å²) in [5.74, 6) is 0.697. The summed E-state index contributed by atoms with van der Waals surface area (Å²) in [7, 11) is 1.91. The van der Waals surface area contributed by atoms with Crippen LogP contribution in [0.3, 0.4) is 0 Å². The summed E-state index contributed by atoms with van der Waals surface area (Å²) in [4.78, 5) is 1.91. The fourth-order valence-electron chi connectivity index (χ4n) is 1.15. The van der Waals surface area contributed by atoms with Gasteiger partial charge in [0.25, 0.3) is 0 Å². The Kier molecular flexibility index (Phi) is 2.65. The molecule has 0 unspecified atom stereocenters. The van der Waals surface area contributed by atoms with Crippen LogP contribution in [-0.2, 0) is 0 Å². The molecule has 0 spiro atoms. The topological polar surface area (TPSA) is 29.0 Å². The fraction of sp³-hybridized carbons (Fsp3) is 0.111. The van der Waals surface area contributed by atoms with E-state index in [0.717, 1.165) is 17.4 Å². The largest absolute Gasteiger partial charge is 0.326 e. The van der Waals surface area contributed by atoms with Gasteiger partial charge in [-0.25, -0.2) is 0 Å². The van der Waals surface area contributed by atoms with Gasteiger partial charge in [-0.15, -0.1) is 0 Å². The van der Waals surface area contributed by atoms with E-state index in [0.29, 0.717) is 11.0 Å². The highest BCUT2D eigenvalue weighted by Crippen LogP contribution is 2.27. The number of benzene rings is 1. The molecule has 0 radical (unpaired) electrons. The monoisotopic (exact) mass is 225 g/mol. The Morgan fingerprint density at radius 1 is 1.21 bits per heavy atom. The molecule has 5 heteroatoms. The lowest BCUT2D eigenvalue weighted by molar-refractivity contribution is 1.17. The SMILES string of the molecule is CN(c1ccccc1)c1nsnc1Cl. The average molecular weight is 226 g/mol. The fourth-order valence-corrected chi connectivity index (χ4v) is 1.94. The van der Waals surface area contributed by atoms with Gasteiger partial charge in [-0.1, -0.05) is 29.8 Å². The van der Waals surface area contributed by atoms with E-state index < -0.39 is 0 Å². The summed E-state index contributed by atoms with van der Waals surface area (Å²) in [6.07, 6.45) is 0. The molecule has 3 nitrogen and oxygen atoms in total. The number of anilines is 2. The Bertz CT molecular complexity index is 415. The number of nitrogens with zero attached hydrogens (tertiary/aromatic N) is 3. The smallest absolute Gasteiger partial charge is 0.187 e. The van der Waals surface area contributed by atoms with Gasteiger partial charge in [0.05, 0.1) is 11.7 Å². The molecule has 0 N–H and O–H groups in total. The van der Waals surface area contributed by atoms with Crippen LogP contribution in [0.5, 0.6) is 0 Å². The van der Waals surface area contributed by atoms with Crippen molar-refractivity contribution >= 4 is 34.8 Å². The number of halogens is 1. The maximum atomic E-state index is 5.88. The third-order valence-corrected chi connectivity index (χ3v) is 2.77. The van der Waals surface area contributed by atoms with Gasteiger partial charge >= 0.3 is 0 Å². The third kappa shape index (κ3) is 1.71. The van der Waals surface area contributed by atoms with E-state index in [1.165, 1.54) is 0 Å². The van der Waals surface area contributed by atoms with E-state index in [9.17, 15) is 0 Å². The Morgan fingerprint density at radius 2 is 1.93 bits per heavy atom. The standard InChI is InChI=1S/C9H8ClN3S/c1-13(7-5-3-2-4-6-7)9-8(10)11-14-12-9/h2-6H,1H3. The second-order valence-corrected chi connectivity index (χ2v) is 3.66. The first-order valence-electron chi connectivity index (χ1n) is 4.06. The quantitative estimate of drug-likeness (QED) is 0.787. The molecule has 1 heterocycles. The van der Waals surface area contributed by atoms with E-state index in [1.54, 1.807) is 0 Å². The summed E-state index contributed by atoms with van der Waals surface area (Å²) in [5.41, 5.74) is 1.04. The molecule has 2 rings (SSSR count). The minimum Gasteiger partial charge on any atom is -0.326 e. The summed E-state index contributed by atoms with van der Waals surface area (Å²) in [6, 6.07) is 9.91. The van der Waals surface area contributed by atoms with Crippen LogP contribution in [0.1, 0.15) is 0 Å². The molecular weight excluding hydrogens is 218 g/mol. The number of rotatable bonds is 2. The van der Waals surface area contributed by atoms with Crippen molar-refractivity contribution in [3.8, 4) is 0 Å². The first-order valence-corrected chi connectivity index (χ1v) is 5.16. The van der Waals surface area contributed by atoms with Gasteiger partial charge in [-0.2, -0.15) is 8.75 Å². The second-order valence-electron chi connectivity index (χ2n) is 2.77. The molecule has 0 saturated carbocycles. The van der Waals surface area contributed by atoms with Crippen molar-refractivity contribution in [2.75, 3.05) is 11.9 Å². The second kappa shape index (κ2) is 3.94. The molecule has 0 aliphatic heterocycles. The van der Waals surface area contributed by atoms with Crippen LogP contribution in [-0.4, -0.2) is 15.8 Å². The predicted molar refractivity (Wildman–Crippen MR) is 59.4 cm³/mol. The first-order chi connectivity index (χ1) is 6.79. The van der Waals surface area contributed by atoms with Crippen LogP contribution in [0.25, 0.3) is 0 Å². The minimum absolute atomic E-state index is 0.446. The minimum atomic E-state index is 0.446. The van der Waals surface area contributed by atoms with Gasteiger partial charge in [-0.3, -0.25) is 0 Å². The summed E-state index contributed by atoms with van der Waals surface area (Å²) < 4.78 is 8.03. The number of aromatic nitrogens is 2. The summed E-state index contributed by atoms with van der Waals surface area (Å²) in [5, 5.41) is 0.446. The molecule has 2 aromatic rings. The molecule has 0 aliphatic rings. The number of hydrogen-bond donors (Lipinski definition) is 0. The van der Waals surface area contributed by atoms with Crippen molar-refractivity contribution < 1.29 is 0 Å². The van der Waals surface area contributed by atoms with Crippen LogP contribution in [0.15, 0.2) is 30.3 Å². The van der Waals surface area contributed by atoms with Crippen molar-refractivity contribution in [1.82, 2.24) is 8.75 Å². The molecule has 0 aliphatic carbocycles. The van der Waals surface area contributed by atoms with E-state index >= 15 is 0 Å². The zero-order valence-corrected chi connectivity index (χ0v) is 9.09. The molecule has 0 saturated heterocycles. The van der Waals surface area contributed by atoms with Gasteiger partial charge < -0.3 is 4.90 Å². The summed E-state index contributed by atoms with van der Waals surface area (Å²) >= 11 is 7.00. The van der Waals surface area contributed by atoms with Crippen LogP contribution < -0.4 is 4.90 Å². The molecular formula is C9H8ClN3S.